The molecule has 3 N–H and O–H groups in total. The molecule has 0 fully saturated rings. The average molecular weight is 465 g/mol. The summed E-state index contributed by atoms with van der Waals surface area (Å²) in [6, 6.07) is 20.8. The molecule has 3 rings (SSSR count). The van der Waals surface area contributed by atoms with Gasteiger partial charge >= 0.3 is 11.8 Å². The molecular formula is C24H21ClN4O4. The molecule has 0 spiro atoms. The first-order valence-electron chi connectivity index (χ1n) is 9.89. The number of hydrogen-bond acceptors (Lipinski definition) is 5. The largest absolute Gasteiger partial charge is 0.483 e. The average Bonchev–Trinajstić information content (AvgIpc) is 2.80. The normalized spacial score (nSPS) is 10.5. The number of rotatable bonds is 7. The van der Waals surface area contributed by atoms with Gasteiger partial charge in [0.05, 0.1) is 16.9 Å². The van der Waals surface area contributed by atoms with Crippen molar-refractivity contribution in [3.05, 3.63) is 88.9 Å². The fraction of sp³-hybridized carbons (Fsp3) is 0.0833. The van der Waals surface area contributed by atoms with Gasteiger partial charge in [0, 0.05) is 11.3 Å². The highest BCUT2D eigenvalue weighted by Crippen LogP contribution is 2.20. The summed E-state index contributed by atoms with van der Waals surface area (Å²) in [6.07, 6.45) is 1.31. The van der Waals surface area contributed by atoms with Crippen LogP contribution in [-0.2, 0) is 14.4 Å². The number of ether oxygens (including phenoxy) is 1. The highest BCUT2D eigenvalue weighted by atomic mass is 35.5. The summed E-state index contributed by atoms with van der Waals surface area (Å²) in [7, 11) is 0. The molecule has 168 valence electrons. The minimum Gasteiger partial charge on any atom is -0.483 e. The summed E-state index contributed by atoms with van der Waals surface area (Å²) in [6.45, 7) is 1.71. The van der Waals surface area contributed by atoms with Crippen LogP contribution in [0.25, 0.3) is 0 Å². The molecule has 0 heterocycles. The van der Waals surface area contributed by atoms with E-state index >= 15 is 0 Å². The number of aryl methyl sites for hydroxylation is 1. The second kappa shape index (κ2) is 11.4. The number of anilines is 2. The van der Waals surface area contributed by atoms with Crippen molar-refractivity contribution in [1.82, 2.24) is 5.43 Å². The molecule has 0 saturated carbocycles. The van der Waals surface area contributed by atoms with Gasteiger partial charge in [-0.25, -0.2) is 5.43 Å². The zero-order chi connectivity index (χ0) is 23.6. The Bertz CT molecular complexity index is 1200. The summed E-state index contributed by atoms with van der Waals surface area (Å²) in [5.74, 6) is -1.83. The first kappa shape index (κ1) is 23.5. The molecule has 0 aromatic heterocycles. The zero-order valence-corrected chi connectivity index (χ0v) is 18.4. The molecule has 9 heteroatoms. The molecule has 0 bridgehead atoms. The molecule has 0 aliphatic rings. The minimum atomic E-state index is -0.970. The van der Waals surface area contributed by atoms with Crippen LogP contribution >= 0.6 is 11.6 Å². The van der Waals surface area contributed by atoms with Crippen molar-refractivity contribution in [3.8, 4) is 5.75 Å². The summed E-state index contributed by atoms with van der Waals surface area (Å²) in [5.41, 5.74) is 4.66. The van der Waals surface area contributed by atoms with Crippen molar-refractivity contribution in [2.45, 2.75) is 6.92 Å². The second-order valence-corrected chi connectivity index (χ2v) is 7.28. The number of benzene rings is 3. The summed E-state index contributed by atoms with van der Waals surface area (Å²) in [4.78, 5) is 36.2. The van der Waals surface area contributed by atoms with E-state index in [9.17, 15) is 14.4 Å². The lowest BCUT2D eigenvalue weighted by atomic mass is 10.2. The van der Waals surface area contributed by atoms with E-state index < -0.39 is 11.8 Å². The van der Waals surface area contributed by atoms with Crippen molar-refractivity contribution in [2.75, 3.05) is 17.2 Å². The Hall–Kier alpha value is -4.17. The fourth-order valence-electron chi connectivity index (χ4n) is 2.73. The van der Waals surface area contributed by atoms with Crippen LogP contribution in [0.2, 0.25) is 5.02 Å². The fourth-order valence-corrected chi connectivity index (χ4v) is 2.92. The van der Waals surface area contributed by atoms with Crippen molar-refractivity contribution in [2.24, 2.45) is 5.10 Å². The van der Waals surface area contributed by atoms with E-state index in [4.69, 9.17) is 16.3 Å². The van der Waals surface area contributed by atoms with Gasteiger partial charge in [0.25, 0.3) is 5.91 Å². The molecule has 0 atom stereocenters. The number of halogens is 1. The van der Waals surface area contributed by atoms with Crippen molar-refractivity contribution >= 4 is 46.9 Å². The lowest BCUT2D eigenvalue weighted by Gasteiger charge is -2.10. The Balaban J connectivity index is 1.54. The molecule has 3 aromatic rings. The Morgan fingerprint density at radius 2 is 1.70 bits per heavy atom. The molecule has 0 aliphatic heterocycles. The number of nitrogens with zero attached hydrogens (tertiary/aromatic N) is 1. The van der Waals surface area contributed by atoms with Crippen LogP contribution in [0, 0.1) is 6.92 Å². The van der Waals surface area contributed by atoms with Crippen molar-refractivity contribution < 1.29 is 19.1 Å². The Morgan fingerprint density at radius 1 is 0.939 bits per heavy atom. The maximum absolute atomic E-state index is 12.2. The molecule has 3 aromatic carbocycles. The maximum Gasteiger partial charge on any atom is 0.329 e. The smallest absolute Gasteiger partial charge is 0.329 e. The molecule has 0 radical (unpaired) electrons. The van der Waals surface area contributed by atoms with Gasteiger partial charge in [-0.15, -0.1) is 0 Å². The Labute approximate surface area is 195 Å². The van der Waals surface area contributed by atoms with E-state index in [1.165, 1.54) is 6.21 Å². The van der Waals surface area contributed by atoms with Crippen LogP contribution in [-0.4, -0.2) is 30.5 Å². The molecule has 0 unspecified atom stereocenters. The second-order valence-electron chi connectivity index (χ2n) is 6.88. The van der Waals surface area contributed by atoms with E-state index in [1.807, 2.05) is 25.1 Å². The van der Waals surface area contributed by atoms with Crippen LogP contribution in [0.3, 0.4) is 0 Å². The summed E-state index contributed by atoms with van der Waals surface area (Å²) < 4.78 is 5.59. The third-order valence-corrected chi connectivity index (χ3v) is 4.61. The summed E-state index contributed by atoms with van der Waals surface area (Å²) in [5, 5.41) is 9.26. The number of carbonyl (C=O) groups is 3. The van der Waals surface area contributed by atoms with E-state index in [1.54, 1.807) is 54.6 Å². The zero-order valence-electron chi connectivity index (χ0n) is 17.7. The predicted molar refractivity (Wildman–Crippen MR) is 128 cm³/mol. The number of nitrogens with one attached hydrogen (secondary N) is 3. The number of carbonyl (C=O) groups excluding carboxylic acids is 3. The molecule has 33 heavy (non-hydrogen) atoms. The number of hydrogen-bond donors (Lipinski definition) is 3. The Kier molecular flexibility index (Phi) is 8.15. The summed E-state index contributed by atoms with van der Waals surface area (Å²) >= 11 is 5.96. The highest BCUT2D eigenvalue weighted by Gasteiger charge is 2.14. The SMILES string of the molecule is Cc1cccc(NC(=O)COc2ccccc2/C=N\NC(=O)C(=O)Nc2ccccc2Cl)c1. The van der Waals surface area contributed by atoms with E-state index in [0.717, 1.165) is 5.56 Å². The Morgan fingerprint density at radius 3 is 2.48 bits per heavy atom. The first-order chi connectivity index (χ1) is 15.9. The number of hydrazone groups is 1. The molecule has 8 nitrogen and oxygen atoms in total. The van der Waals surface area contributed by atoms with Gasteiger partial charge in [0.2, 0.25) is 0 Å². The predicted octanol–water partition coefficient (Wildman–Crippen LogP) is 3.75. The lowest BCUT2D eigenvalue weighted by Crippen LogP contribution is -2.32. The molecule has 0 aliphatic carbocycles. The lowest BCUT2D eigenvalue weighted by molar-refractivity contribution is -0.136. The van der Waals surface area contributed by atoms with E-state index in [-0.39, 0.29) is 12.5 Å². The van der Waals surface area contributed by atoms with Crippen LogP contribution < -0.4 is 20.8 Å². The van der Waals surface area contributed by atoms with Gasteiger partial charge in [-0.2, -0.15) is 5.10 Å². The highest BCUT2D eigenvalue weighted by molar-refractivity contribution is 6.41. The van der Waals surface area contributed by atoms with Gasteiger partial charge in [-0.3, -0.25) is 14.4 Å². The van der Waals surface area contributed by atoms with Crippen molar-refractivity contribution in [1.29, 1.82) is 0 Å². The monoisotopic (exact) mass is 464 g/mol. The molecule has 0 saturated heterocycles. The van der Waals surface area contributed by atoms with Crippen LogP contribution in [0.4, 0.5) is 11.4 Å². The molecular weight excluding hydrogens is 444 g/mol. The van der Waals surface area contributed by atoms with Crippen LogP contribution in [0.15, 0.2) is 77.9 Å². The third kappa shape index (κ3) is 7.19. The quantitative estimate of drug-likeness (QED) is 0.281. The van der Waals surface area contributed by atoms with Crippen LogP contribution in [0.1, 0.15) is 11.1 Å². The maximum atomic E-state index is 12.2. The topological polar surface area (TPSA) is 109 Å². The van der Waals surface area contributed by atoms with E-state index in [2.05, 4.69) is 21.2 Å². The molecule has 3 amide bonds. The van der Waals surface area contributed by atoms with Gasteiger partial charge in [0.15, 0.2) is 6.61 Å². The van der Waals surface area contributed by atoms with Gasteiger partial charge in [-0.1, -0.05) is 48.0 Å². The van der Waals surface area contributed by atoms with Gasteiger partial charge in [0.1, 0.15) is 5.75 Å². The number of para-hydroxylation sites is 2. The third-order valence-electron chi connectivity index (χ3n) is 4.28. The standard InChI is InChI=1S/C24H21ClN4O4/c1-16-7-6-9-18(13-16)27-22(30)15-33-21-12-5-2-8-17(21)14-26-29-24(32)23(31)28-20-11-4-3-10-19(20)25/h2-14H,15H2,1H3,(H,27,30)(H,28,31)(H,29,32)/b26-14-. The first-order valence-corrected chi connectivity index (χ1v) is 10.3. The number of amides is 3. The van der Waals surface area contributed by atoms with Gasteiger partial charge in [-0.05, 0) is 48.9 Å². The van der Waals surface area contributed by atoms with Crippen molar-refractivity contribution in [3.63, 3.8) is 0 Å². The minimum absolute atomic E-state index is 0.217. The van der Waals surface area contributed by atoms with E-state index in [0.29, 0.717) is 27.7 Å². The van der Waals surface area contributed by atoms with Gasteiger partial charge < -0.3 is 15.4 Å². The van der Waals surface area contributed by atoms with Crippen LogP contribution in [0.5, 0.6) is 5.75 Å².